The van der Waals surface area contributed by atoms with Crippen LogP contribution in [-0.4, -0.2) is 32.2 Å². The van der Waals surface area contributed by atoms with E-state index in [-0.39, 0.29) is 18.5 Å². The van der Waals surface area contributed by atoms with Gasteiger partial charge in [-0.2, -0.15) is 0 Å². The van der Waals surface area contributed by atoms with Crippen LogP contribution in [0.5, 0.6) is 17.2 Å². The van der Waals surface area contributed by atoms with Crippen molar-refractivity contribution in [3.63, 3.8) is 0 Å². The van der Waals surface area contributed by atoms with Crippen molar-refractivity contribution >= 4 is 0 Å². The summed E-state index contributed by atoms with van der Waals surface area (Å²) in [5.74, 6) is 2.37. The molecule has 0 aliphatic carbocycles. The Balaban J connectivity index is 1.69. The first-order chi connectivity index (χ1) is 10.1. The van der Waals surface area contributed by atoms with Gasteiger partial charge in [0.05, 0.1) is 11.7 Å². The van der Waals surface area contributed by atoms with Crippen LogP contribution < -0.4 is 19.5 Å². The number of benzene rings is 1. The zero-order valence-corrected chi connectivity index (χ0v) is 12.9. The molecule has 2 aliphatic heterocycles. The summed E-state index contributed by atoms with van der Waals surface area (Å²) in [5.41, 5.74) is 1.04. The SMILES string of the molecule is CNCc1cc2c(cc1OCC1CCC(C)(C)O1)OCO2. The molecule has 1 aromatic rings. The Bertz CT molecular complexity index is 515. The molecule has 1 aromatic carbocycles. The van der Waals surface area contributed by atoms with Crippen LogP contribution in [0.1, 0.15) is 32.3 Å². The third kappa shape index (κ3) is 3.24. The summed E-state index contributed by atoms with van der Waals surface area (Å²) in [4.78, 5) is 0. The average molecular weight is 293 g/mol. The molecular formula is C16H23NO4. The maximum atomic E-state index is 5.99. The van der Waals surface area contributed by atoms with E-state index in [0.29, 0.717) is 6.61 Å². The van der Waals surface area contributed by atoms with Crippen LogP contribution in [0.25, 0.3) is 0 Å². The highest BCUT2D eigenvalue weighted by molar-refractivity contribution is 5.51. The molecule has 0 radical (unpaired) electrons. The van der Waals surface area contributed by atoms with Gasteiger partial charge in [-0.1, -0.05) is 0 Å². The van der Waals surface area contributed by atoms with Gasteiger partial charge >= 0.3 is 0 Å². The van der Waals surface area contributed by atoms with Crippen LogP contribution in [0.4, 0.5) is 0 Å². The van der Waals surface area contributed by atoms with Gasteiger partial charge in [0.2, 0.25) is 6.79 Å². The summed E-state index contributed by atoms with van der Waals surface area (Å²) in [6.45, 7) is 5.82. The van der Waals surface area contributed by atoms with Crippen molar-refractivity contribution < 1.29 is 18.9 Å². The molecule has 5 nitrogen and oxygen atoms in total. The van der Waals surface area contributed by atoms with Crippen molar-refractivity contribution in [1.82, 2.24) is 5.32 Å². The summed E-state index contributed by atoms with van der Waals surface area (Å²) in [6, 6.07) is 3.89. The van der Waals surface area contributed by atoms with E-state index in [9.17, 15) is 0 Å². The first-order valence-corrected chi connectivity index (χ1v) is 7.45. The molecule has 0 spiro atoms. The minimum absolute atomic E-state index is 0.0310. The Hall–Kier alpha value is -1.46. The standard InChI is InChI=1S/C16H23NO4/c1-16(2)5-4-12(21-16)9-18-13-7-15-14(19-10-20-15)6-11(13)8-17-3/h6-7,12,17H,4-5,8-10H2,1-3H3. The van der Waals surface area contributed by atoms with Gasteiger partial charge in [-0.15, -0.1) is 0 Å². The summed E-state index contributed by atoms with van der Waals surface area (Å²) in [5, 5.41) is 3.15. The molecule has 1 saturated heterocycles. The highest BCUT2D eigenvalue weighted by Gasteiger charge is 2.32. The number of ether oxygens (including phenoxy) is 4. The van der Waals surface area contributed by atoms with Crippen LogP contribution in [0.3, 0.4) is 0 Å². The van der Waals surface area contributed by atoms with Crippen molar-refractivity contribution in [2.24, 2.45) is 0 Å². The van der Waals surface area contributed by atoms with Crippen molar-refractivity contribution in [1.29, 1.82) is 0 Å². The number of nitrogens with one attached hydrogen (secondary N) is 1. The van der Waals surface area contributed by atoms with Gasteiger partial charge in [0.25, 0.3) is 0 Å². The van der Waals surface area contributed by atoms with Gasteiger partial charge in [-0.05, 0) is 39.8 Å². The van der Waals surface area contributed by atoms with E-state index in [1.54, 1.807) is 0 Å². The Kier molecular flexibility index (Phi) is 3.95. The van der Waals surface area contributed by atoms with E-state index < -0.39 is 0 Å². The van der Waals surface area contributed by atoms with E-state index in [1.807, 2.05) is 19.2 Å². The molecular weight excluding hydrogens is 270 g/mol. The largest absolute Gasteiger partial charge is 0.490 e. The van der Waals surface area contributed by atoms with Crippen LogP contribution in [-0.2, 0) is 11.3 Å². The fraction of sp³-hybridized carbons (Fsp3) is 0.625. The van der Waals surface area contributed by atoms with E-state index in [1.165, 1.54) is 0 Å². The van der Waals surface area contributed by atoms with Gasteiger partial charge < -0.3 is 24.3 Å². The topological polar surface area (TPSA) is 49.0 Å². The lowest BCUT2D eigenvalue weighted by Gasteiger charge is -2.20. The summed E-state index contributed by atoms with van der Waals surface area (Å²) in [7, 11) is 1.91. The Morgan fingerprint density at radius 2 is 2.05 bits per heavy atom. The highest BCUT2D eigenvalue weighted by atomic mass is 16.7. The number of rotatable bonds is 5. The van der Waals surface area contributed by atoms with Crippen molar-refractivity contribution in [2.75, 3.05) is 20.4 Å². The smallest absolute Gasteiger partial charge is 0.231 e. The Morgan fingerprint density at radius 3 is 2.71 bits per heavy atom. The summed E-state index contributed by atoms with van der Waals surface area (Å²) in [6.07, 6.45) is 2.28. The predicted molar refractivity (Wildman–Crippen MR) is 79.0 cm³/mol. The minimum atomic E-state index is -0.0310. The predicted octanol–water partition coefficient (Wildman–Crippen LogP) is 2.47. The van der Waals surface area contributed by atoms with Crippen molar-refractivity contribution in [3.05, 3.63) is 17.7 Å². The second-order valence-corrected chi connectivity index (χ2v) is 6.19. The molecule has 1 fully saturated rings. The summed E-state index contributed by atoms with van der Waals surface area (Å²) >= 11 is 0. The molecule has 0 aromatic heterocycles. The molecule has 1 atom stereocenters. The molecule has 3 rings (SSSR count). The Labute approximate surface area is 125 Å². The van der Waals surface area contributed by atoms with Gasteiger partial charge in [-0.25, -0.2) is 0 Å². The number of fused-ring (bicyclic) bond motifs is 1. The quantitative estimate of drug-likeness (QED) is 0.904. The first-order valence-electron chi connectivity index (χ1n) is 7.45. The lowest BCUT2D eigenvalue weighted by atomic mass is 10.1. The van der Waals surface area contributed by atoms with E-state index in [4.69, 9.17) is 18.9 Å². The van der Waals surface area contributed by atoms with Crippen LogP contribution in [0.2, 0.25) is 0 Å². The molecule has 0 bridgehead atoms. The van der Waals surface area contributed by atoms with Gasteiger partial charge in [0.1, 0.15) is 12.4 Å². The zero-order chi connectivity index (χ0) is 14.9. The Morgan fingerprint density at radius 1 is 1.29 bits per heavy atom. The van der Waals surface area contributed by atoms with Gasteiger partial charge in [0.15, 0.2) is 11.5 Å². The third-order valence-electron chi connectivity index (χ3n) is 3.90. The molecule has 116 valence electrons. The minimum Gasteiger partial charge on any atom is -0.490 e. The average Bonchev–Trinajstić information content (AvgIpc) is 3.02. The first kappa shape index (κ1) is 14.5. The molecule has 0 saturated carbocycles. The fourth-order valence-electron chi connectivity index (χ4n) is 2.81. The van der Waals surface area contributed by atoms with E-state index in [2.05, 4.69) is 19.2 Å². The molecule has 21 heavy (non-hydrogen) atoms. The maximum Gasteiger partial charge on any atom is 0.231 e. The number of hydrogen-bond acceptors (Lipinski definition) is 5. The third-order valence-corrected chi connectivity index (χ3v) is 3.90. The van der Waals surface area contributed by atoms with Crippen molar-refractivity contribution in [3.8, 4) is 17.2 Å². The second kappa shape index (κ2) is 5.73. The van der Waals surface area contributed by atoms with Gasteiger partial charge in [0, 0.05) is 18.2 Å². The lowest BCUT2D eigenvalue weighted by molar-refractivity contribution is -0.0327. The molecule has 2 aliphatic rings. The molecule has 5 heteroatoms. The van der Waals surface area contributed by atoms with Crippen LogP contribution in [0.15, 0.2) is 12.1 Å². The second-order valence-electron chi connectivity index (χ2n) is 6.19. The summed E-state index contributed by atoms with van der Waals surface area (Å²) < 4.78 is 22.8. The fourth-order valence-corrected chi connectivity index (χ4v) is 2.81. The molecule has 1 N–H and O–H groups in total. The zero-order valence-electron chi connectivity index (χ0n) is 12.9. The highest BCUT2D eigenvalue weighted by Crippen LogP contribution is 2.38. The number of hydrogen-bond donors (Lipinski definition) is 1. The van der Waals surface area contributed by atoms with Gasteiger partial charge in [-0.3, -0.25) is 0 Å². The molecule has 0 amide bonds. The van der Waals surface area contributed by atoms with Crippen LogP contribution >= 0.6 is 0 Å². The van der Waals surface area contributed by atoms with E-state index in [0.717, 1.165) is 42.2 Å². The molecule has 1 unspecified atom stereocenters. The monoisotopic (exact) mass is 293 g/mol. The molecule has 2 heterocycles. The normalized spacial score (nSPS) is 22.5. The van der Waals surface area contributed by atoms with Crippen LogP contribution in [0, 0.1) is 0 Å². The van der Waals surface area contributed by atoms with Crippen molar-refractivity contribution in [2.45, 2.75) is 44.9 Å². The lowest BCUT2D eigenvalue weighted by Crippen LogP contribution is -2.24. The van der Waals surface area contributed by atoms with E-state index >= 15 is 0 Å². The maximum absolute atomic E-state index is 5.99.